The molecule has 0 aliphatic carbocycles. The zero-order valence-electron chi connectivity index (χ0n) is 17.2. The molecule has 0 unspecified atom stereocenters. The van der Waals surface area contributed by atoms with Gasteiger partial charge in [0.05, 0.1) is 19.3 Å². The molecular weight excluding hydrogens is 378 g/mol. The highest BCUT2D eigenvalue weighted by Crippen LogP contribution is 2.55. The Balaban J connectivity index is 1.94. The third-order valence-electron chi connectivity index (χ3n) is 5.28. The Hall–Kier alpha value is -2.29. The zero-order chi connectivity index (χ0) is 20.8. The molecule has 8 nitrogen and oxygen atoms in total. The number of hydrogen-bond donors (Lipinski definition) is 1. The zero-order valence-corrected chi connectivity index (χ0v) is 17.2. The Morgan fingerprint density at radius 1 is 1.31 bits per heavy atom. The van der Waals surface area contributed by atoms with Crippen LogP contribution in [0.3, 0.4) is 0 Å². The minimum Gasteiger partial charge on any atom is -0.489 e. The van der Waals surface area contributed by atoms with Crippen molar-refractivity contribution in [2.45, 2.75) is 51.7 Å². The fraction of sp³-hybridized carbons (Fsp3) is 0.571. The number of hydrogen-bond acceptors (Lipinski definition) is 8. The van der Waals surface area contributed by atoms with Crippen LogP contribution in [0.25, 0.3) is 0 Å². The summed E-state index contributed by atoms with van der Waals surface area (Å²) >= 11 is 0. The van der Waals surface area contributed by atoms with Gasteiger partial charge in [-0.25, -0.2) is 4.79 Å². The summed E-state index contributed by atoms with van der Waals surface area (Å²) in [4.78, 5) is 12.9. The molecule has 8 heteroatoms. The average Bonchev–Trinajstić information content (AvgIpc) is 3.17. The summed E-state index contributed by atoms with van der Waals surface area (Å²) < 4.78 is 35.0. The van der Waals surface area contributed by atoms with Crippen LogP contribution in [-0.4, -0.2) is 44.4 Å². The van der Waals surface area contributed by atoms with Gasteiger partial charge in [0.1, 0.15) is 24.5 Å². The second kappa shape index (κ2) is 7.51. The van der Waals surface area contributed by atoms with Crippen molar-refractivity contribution in [3.8, 4) is 17.2 Å². The van der Waals surface area contributed by atoms with Crippen LogP contribution in [0.1, 0.15) is 49.6 Å². The van der Waals surface area contributed by atoms with Gasteiger partial charge in [-0.1, -0.05) is 12.7 Å². The predicted octanol–water partition coefficient (Wildman–Crippen LogP) is 2.69. The van der Waals surface area contributed by atoms with Crippen LogP contribution in [-0.2, 0) is 19.0 Å². The molecule has 3 aliphatic heterocycles. The second-order valence-corrected chi connectivity index (χ2v) is 7.65. The lowest BCUT2D eigenvalue weighted by molar-refractivity contribution is -0.288. The summed E-state index contributed by atoms with van der Waals surface area (Å²) in [5.41, 5.74) is 2.21. The van der Waals surface area contributed by atoms with Crippen molar-refractivity contribution in [3.05, 3.63) is 29.3 Å². The van der Waals surface area contributed by atoms with Gasteiger partial charge < -0.3 is 28.4 Å². The van der Waals surface area contributed by atoms with Crippen LogP contribution >= 0.6 is 0 Å². The van der Waals surface area contributed by atoms with E-state index in [9.17, 15) is 4.79 Å². The molecule has 0 aromatic heterocycles. The van der Waals surface area contributed by atoms with Gasteiger partial charge in [-0.3, -0.25) is 5.32 Å². The van der Waals surface area contributed by atoms with Crippen LogP contribution in [0, 0.1) is 6.92 Å². The second-order valence-electron chi connectivity index (χ2n) is 7.65. The number of esters is 1. The fourth-order valence-corrected chi connectivity index (χ4v) is 4.11. The third-order valence-corrected chi connectivity index (χ3v) is 5.28. The standard InChI is InChI=1S/C21H27NO7/c1-6-8-25-16-11(3)17-19(27-10-26-17)13-14(16)18-12(9-28-21(4,5)29-18)22-15(13)20(23)24-7-2/h6,12,15,18,22H,1,7-10H2,2-5H3/t12-,15-,18-/m1/s1. The Kier molecular flexibility index (Phi) is 5.18. The summed E-state index contributed by atoms with van der Waals surface area (Å²) in [7, 11) is 0. The molecule has 0 amide bonds. The maximum absolute atomic E-state index is 12.9. The summed E-state index contributed by atoms with van der Waals surface area (Å²) in [5.74, 6) is 0.543. The first kappa shape index (κ1) is 20.0. The first-order chi connectivity index (χ1) is 13.9. The number of carbonyl (C=O) groups is 1. The lowest BCUT2D eigenvalue weighted by Gasteiger charge is -2.46. The molecule has 3 heterocycles. The first-order valence-corrected chi connectivity index (χ1v) is 9.82. The normalized spacial score (nSPS) is 26.3. The fourth-order valence-electron chi connectivity index (χ4n) is 4.11. The summed E-state index contributed by atoms with van der Waals surface area (Å²) in [6.45, 7) is 12.2. The lowest BCUT2D eigenvalue weighted by Crippen LogP contribution is -2.55. The number of benzene rings is 1. The molecule has 0 radical (unpaired) electrons. The van der Waals surface area contributed by atoms with Crippen LogP contribution in [0.5, 0.6) is 17.2 Å². The van der Waals surface area contributed by atoms with E-state index in [0.717, 1.165) is 11.1 Å². The Labute approximate surface area is 170 Å². The van der Waals surface area contributed by atoms with Gasteiger partial charge >= 0.3 is 5.97 Å². The van der Waals surface area contributed by atoms with E-state index in [1.807, 2.05) is 20.8 Å². The van der Waals surface area contributed by atoms with Gasteiger partial charge in [-0.2, -0.15) is 0 Å². The monoisotopic (exact) mass is 405 g/mol. The van der Waals surface area contributed by atoms with E-state index in [-0.39, 0.29) is 19.4 Å². The molecule has 0 saturated carbocycles. The minimum absolute atomic E-state index is 0.0760. The van der Waals surface area contributed by atoms with Crippen LogP contribution in [0.15, 0.2) is 12.7 Å². The van der Waals surface area contributed by atoms with Crippen molar-refractivity contribution in [2.24, 2.45) is 0 Å². The van der Waals surface area contributed by atoms with Gasteiger partial charge in [0.15, 0.2) is 17.3 Å². The Morgan fingerprint density at radius 3 is 2.79 bits per heavy atom. The van der Waals surface area contributed by atoms with Crippen LogP contribution in [0.2, 0.25) is 0 Å². The maximum Gasteiger partial charge on any atom is 0.327 e. The van der Waals surface area contributed by atoms with E-state index in [1.165, 1.54) is 0 Å². The van der Waals surface area contributed by atoms with E-state index in [2.05, 4.69) is 11.9 Å². The number of rotatable bonds is 5. The summed E-state index contributed by atoms with van der Waals surface area (Å²) in [6.07, 6.45) is 1.28. The van der Waals surface area contributed by atoms with E-state index in [4.69, 9.17) is 28.4 Å². The summed E-state index contributed by atoms with van der Waals surface area (Å²) in [6, 6.07) is -1.00. The minimum atomic E-state index is -0.781. The van der Waals surface area contributed by atoms with E-state index >= 15 is 0 Å². The SMILES string of the molecule is C=CCOc1c(C)c2c(c3c1[C@@H]1OC(C)(C)OC[C@H]1N[C@H]3C(=O)OCC)OCO2. The molecule has 3 atom stereocenters. The third kappa shape index (κ3) is 3.35. The van der Waals surface area contributed by atoms with Crippen molar-refractivity contribution >= 4 is 5.97 Å². The largest absolute Gasteiger partial charge is 0.489 e. The first-order valence-electron chi connectivity index (χ1n) is 9.82. The Bertz CT molecular complexity index is 835. The molecule has 1 N–H and O–H groups in total. The Morgan fingerprint density at radius 2 is 2.07 bits per heavy atom. The number of nitrogens with one attached hydrogen (secondary N) is 1. The highest BCUT2D eigenvalue weighted by Gasteiger charge is 2.49. The molecule has 1 fully saturated rings. The molecule has 1 saturated heterocycles. The highest BCUT2D eigenvalue weighted by molar-refractivity contribution is 5.82. The maximum atomic E-state index is 12.9. The van der Waals surface area contributed by atoms with Gasteiger partial charge in [0.2, 0.25) is 6.79 Å². The number of carbonyl (C=O) groups excluding carboxylic acids is 1. The van der Waals surface area contributed by atoms with Crippen molar-refractivity contribution in [3.63, 3.8) is 0 Å². The van der Waals surface area contributed by atoms with Crippen molar-refractivity contribution in [2.75, 3.05) is 26.6 Å². The molecule has 0 spiro atoms. The van der Waals surface area contributed by atoms with Crippen molar-refractivity contribution in [1.82, 2.24) is 5.32 Å². The van der Waals surface area contributed by atoms with Crippen LogP contribution < -0.4 is 19.5 Å². The summed E-state index contributed by atoms with van der Waals surface area (Å²) in [5, 5.41) is 3.33. The number of ether oxygens (including phenoxy) is 6. The van der Waals surface area contributed by atoms with E-state index < -0.39 is 23.9 Å². The quantitative estimate of drug-likeness (QED) is 0.591. The van der Waals surface area contributed by atoms with Gasteiger partial charge in [-0.05, 0) is 27.7 Å². The molecule has 3 aliphatic rings. The smallest absolute Gasteiger partial charge is 0.327 e. The lowest BCUT2D eigenvalue weighted by atomic mass is 9.84. The molecule has 29 heavy (non-hydrogen) atoms. The van der Waals surface area contributed by atoms with Crippen molar-refractivity contribution < 1.29 is 33.2 Å². The molecular formula is C21H27NO7. The number of fused-ring (bicyclic) bond motifs is 5. The van der Waals surface area contributed by atoms with Gasteiger partial charge in [-0.15, -0.1) is 0 Å². The molecule has 158 valence electrons. The molecule has 1 aromatic rings. The van der Waals surface area contributed by atoms with E-state index in [0.29, 0.717) is 36.0 Å². The highest BCUT2D eigenvalue weighted by atomic mass is 16.7. The van der Waals surface area contributed by atoms with E-state index in [1.54, 1.807) is 13.0 Å². The molecule has 4 rings (SSSR count). The van der Waals surface area contributed by atoms with Gasteiger partial charge in [0.25, 0.3) is 0 Å². The van der Waals surface area contributed by atoms with Gasteiger partial charge in [0, 0.05) is 16.7 Å². The molecule has 1 aromatic carbocycles. The predicted molar refractivity (Wildman–Crippen MR) is 103 cm³/mol. The topological polar surface area (TPSA) is 84.5 Å². The average molecular weight is 405 g/mol. The van der Waals surface area contributed by atoms with Crippen LogP contribution in [0.4, 0.5) is 0 Å². The molecule has 0 bridgehead atoms. The van der Waals surface area contributed by atoms with Crippen molar-refractivity contribution in [1.29, 1.82) is 0 Å².